The Labute approximate surface area is 101 Å². The molecule has 0 radical (unpaired) electrons. The minimum Gasteiger partial charge on any atom is -0.302 e. The van der Waals surface area contributed by atoms with Crippen molar-refractivity contribution in [3.05, 3.63) is 11.1 Å². The number of halogens is 1. The van der Waals surface area contributed by atoms with Gasteiger partial charge in [-0.3, -0.25) is 0 Å². The number of hydrogen-bond donors (Lipinski definition) is 0. The zero-order valence-electron chi connectivity index (χ0n) is 9.64. The average molecular weight is 266 g/mol. The van der Waals surface area contributed by atoms with Crippen LogP contribution in [0.5, 0.6) is 0 Å². The summed E-state index contributed by atoms with van der Waals surface area (Å²) in [5.74, 6) is 1.16. The average Bonchev–Trinajstić information content (AvgIpc) is 2.46. The molecule has 1 rings (SSSR count). The first-order valence-electron chi connectivity index (χ1n) is 5.07. The maximum Gasteiger partial charge on any atom is 0.225 e. The molecule has 0 atom stereocenters. The maximum absolute atomic E-state index is 11.0. The Morgan fingerprint density at radius 2 is 2.00 bits per heavy atom. The van der Waals surface area contributed by atoms with Gasteiger partial charge in [0.15, 0.2) is 0 Å². The molecule has 0 aliphatic carbocycles. The number of rotatable bonds is 5. The van der Waals surface area contributed by atoms with Crippen molar-refractivity contribution in [2.75, 3.05) is 12.0 Å². The fourth-order valence-electron chi connectivity index (χ4n) is 1.41. The van der Waals surface area contributed by atoms with Gasteiger partial charge in [0.25, 0.3) is 0 Å². The van der Waals surface area contributed by atoms with Gasteiger partial charge in [-0.15, -0.1) is 10.2 Å². The van der Waals surface area contributed by atoms with E-state index in [0.717, 1.165) is 5.82 Å². The van der Waals surface area contributed by atoms with Gasteiger partial charge in [0.05, 0.1) is 5.75 Å². The minimum absolute atomic E-state index is 0.152. The molecule has 0 spiro atoms. The van der Waals surface area contributed by atoms with E-state index in [1.165, 1.54) is 6.26 Å². The Balaban J connectivity index is 2.70. The molecule has 0 aromatic carbocycles. The normalized spacial score (nSPS) is 12.3. The third kappa shape index (κ3) is 3.75. The fraction of sp³-hybridized carbons (Fsp3) is 0.778. The van der Waals surface area contributed by atoms with Gasteiger partial charge in [0.1, 0.15) is 15.7 Å². The first-order chi connectivity index (χ1) is 7.31. The van der Waals surface area contributed by atoms with Crippen LogP contribution < -0.4 is 0 Å². The first-order valence-corrected chi connectivity index (χ1v) is 7.51. The smallest absolute Gasteiger partial charge is 0.225 e. The molecular weight excluding hydrogens is 250 g/mol. The predicted octanol–water partition coefficient (Wildman–Crippen LogP) is 1.49. The quantitative estimate of drug-likeness (QED) is 0.809. The second-order valence-corrected chi connectivity index (χ2v) is 6.71. The summed E-state index contributed by atoms with van der Waals surface area (Å²) >= 11 is 5.88. The Morgan fingerprint density at radius 3 is 2.50 bits per heavy atom. The molecule has 0 aliphatic heterocycles. The highest BCUT2D eigenvalue weighted by atomic mass is 35.5. The highest BCUT2D eigenvalue weighted by molar-refractivity contribution is 7.90. The van der Waals surface area contributed by atoms with Crippen LogP contribution in [-0.4, -0.2) is 35.2 Å². The van der Waals surface area contributed by atoms with Crippen LogP contribution in [0, 0.1) is 0 Å². The lowest BCUT2D eigenvalue weighted by Gasteiger charge is -2.09. The molecule has 1 heterocycles. The van der Waals surface area contributed by atoms with Gasteiger partial charge in [-0.1, -0.05) is 13.8 Å². The number of hydrogen-bond acceptors (Lipinski definition) is 4. The molecule has 0 unspecified atom stereocenters. The largest absolute Gasteiger partial charge is 0.302 e. The number of nitrogens with zero attached hydrogens (tertiary/aromatic N) is 3. The van der Waals surface area contributed by atoms with E-state index in [-0.39, 0.29) is 11.7 Å². The molecule has 0 fully saturated rings. The van der Waals surface area contributed by atoms with Crippen LogP contribution in [0.2, 0.25) is 5.28 Å². The van der Waals surface area contributed by atoms with Crippen molar-refractivity contribution in [2.24, 2.45) is 0 Å². The second kappa shape index (κ2) is 5.14. The van der Waals surface area contributed by atoms with E-state index < -0.39 is 9.84 Å². The van der Waals surface area contributed by atoms with Gasteiger partial charge in [-0.25, -0.2) is 8.42 Å². The Morgan fingerprint density at radius 1 is 1.38 bits per heavy atom. The third-order valence-electron chi connectivity index (χ3n) is 2.15. The molecule has 92 valence electrons. The van der Waals surface area contributed by atoms with Crippen LogP contribution in [0.1, 0.15) is 32.0 Å². The van der Waals surface area contributed by atoms with Gasteiger partial charge < -0.3 is 4.57 Å². The van der Waals surface area contributed by atoms with Crippen LogP contribution >= 0.6 is 11.6 Å². The lowest BCUT2D eigenvalue weighted by Crippen LogP contribution is -2.10. The highest BCUT2D eigenvalue weighted by Gasteiger charge is 2.13. The summed E-state index contributed by atoms with van der Waals surface area (Å²) in [6, 6.07) is 0. The van der Waals surface area contributed by atoms with E-state index in [4.69, 9.17) is 11.6 Å². The van der Waals surface area contributed by atoms with E-state index in [0.29, 0.717) is 18.2 Å². The maximum atomic E-state index is 11.0. The molecular formula is C9H16ClN3O2S. The van der Waals surface area contributed by atoms with E-state index in [1.807, 2.05) is 13.8 Å². The Bertz CT molecular complexity index is 453. The Kier molecular flexibility index (Phi) is 4.32. The van der Waals surface area contributed by atoms with Crippen molar-refractivity contribution in [1.29, 1.82) is 0 Å². The van der Waals surface area contributed by atoms with Crippen molar-refractivity contribution in [3.63, 3.8) is 0 Å². The summed E-state index contributed by atoms with van der Waals surface area (Å²) in [5, 5.41) is 8.06. The van der Waals surface area contributed by atoms with Gasteiger partial charge in [0.2, 0.25) is 5.28 Å². The molecule has 7 heteroatoms. The van der Waals surface area contributed by atoms with Gasteiger partial charge in [0, 0.05) is 18.7 Å². The summed E-state index contributed by atoms with van der Waals surface area (Å²) in [6.07, 6.45) is 1.75. The summed E-state index contributed by atoms with van der Waals surface area (Å²) < 4.78 is 23.7. The molecule has 0 aliphatic rings. The molecule has 16 heavy (non-hydrogen) atoms. The standard InChI is InChI=1S/C9H16ClN3O2S/c1-7(2)8-11-12-9(10)13(8)5-4-6-16(3,14)15/h7H,4-6H2,1-3H3. The minimum atomic E-state index is -2.92. The van der Waals surface area contributed by atoms with Crippen LogP contribution in [0.25, 0.3) is 0 Å². The highest BCUT2D eigenvalue weighted by Crippen LogP contribution is 2.16. The van der Waals surface area contributed by atoms with E-state index >= 15 is 0 Å². The lowest BCUT2D eigenvalue weighted by molar-refractivity contribution is 0.581. The molecule has 0 amide bonds. The summed E-state index contributed by atoms with van der Waals surface area (Å²) in [4.78, 5) is 0. The number of aromatic nitrogens is 3. The first kappa shape index (κ1) is 13.4. The van der Waals surface area contributed by atoms with Crippen molar-refractivity contribution in [3.8, 4) is 0 Å². The van der Waals surface area contributed by atoms with Crippen molar-refractivity contribution < 1.29 is 8.42 Å². The van der Waals surface area contributed by atoms with E-state index in [2.05, 4.69) is 10.2 Å². The molecule has 0 saturated carbocycles. The van der Waals surface area contributed by atoms with Crippen molar-refractivity contribution in [2.45, 2.75) is 32.7 Å². The van der Waals surface area contributed by atoms with Crippen LogP contribution in [-0.2, 0) is 16.4 Å². The van der Waals surface area contributed by atoms with E-state index in [9.17, 15) is 8.42 Å². The molecule has 0 saturated heterocycles. The van der Waals surface area contributed by atoms with Crippen LogP contribution in [0.15, 0.2) is 0 Å². The number of sulfone groups is 1. The fourth-order valence-corrected chi connectivity index (χ4v) is 2.28. The molecule has 1 aromatic heterocycles. The predicted molar refractivity (Wildman–Crippen MR) is 63.4 cm³/mol. The molecule has 0 N–H and O–H groups in total. The topological polar surface area (TPSA) is 64.8 Å². The summed E-state index contributed by atoms with van der Waals surface area (Å²) in [5.41, 5.74) is 0. The zero-order chi connectivity index (χ0) is 12.3. The van der Waals surface area contributed by atoms with Gasteiger partial charge in [-0.05, 0) is 18.0 Å². The Hall–Kier alpha value is -0.620. The van der Waals surface area contributed by atoms with Crippen molar-refractivity contribution in [1.82, 2.24) is 14.8 Å². The molecule has 0 bridgehead atoms. The second-order valence-electron chi connectivity index (χ2n) is 4.12. The zero-order valence-corrected chi connectivity index (χ0v) is 11.2. The van der Waals surface area contributed by atoms with Crippen LogP contribution in [0.3, 0.4) is 0 Å². The molecule has 5 nitrogen and oxygen atoms in total. The van der Waals surface area contributed by atoms with Gasteiger partial charge in [-0.2, -0.15) is 0 Å². The summed E-state index contributed by atoms with van der Waals surface area (Å²) in [6.45, 7) is 4.52. The van der Waals surface area contributed by atoms with E-state index in [1.54, 1.807) is 4.57 Å². The monoisotopic (exact) mass is 265 g/mol. The van der Waals surface area contributed by atoms with Crippen molar-refractivity contribution >= 4 is 21.4 Å². The summed E-state index contributed by atoms with van der Waals surface area (Å²) in [7, 11) is -2.92. The third-order valence-corrected chi connectivity index (χ3v) is 3.46. The SMILES string of the molecule is CC(C)c1nnc(Cl)n1CCCS(C)(=O)=O. The van der Waals surface area contributed by atoms with Crippen LogP contribution in [0.4, 0.5) is 0 Å². The molecule has 1 aromatic rings. The van der Waals surface area contributed by atoms with Gasteiger partial charge >= 0.3 is 0 Å². The lowest BCUT2D eigenvalue weighted by atomic mass is 10.2.